The van der Waals surface area contributed by atoms with E-state index in [0.717, 1.165) is 22.5 Å². The van der Waals surface area contributed by atoms with Crippen molar-refractivity contribution >= 4 is 17.2 Å². The van der Waals surface area contributed by atoms with Crippen molar-refractivity contribution in [1.82, 2.24) is 15.1 Å². The monoisotopic (exact) mass is 357 g/mol. The van der Waals surface area contributed by atoms with Gasteiger partial charge in [0.1, 0.15) is 5.82 Å². The largest absolute Gasteiger partial charge is 0.353 e. The van der Waals surface area contributed by atoms with Gasteiger partial charge >= 0.3 is 0 Å². The number of benzene rings is 1. The van der Waals surface area contributed by atoms with Gasteiger partial charge in [0.05, 0.1) is 18.2 Å². The van der Waals surface area contributed by atoms with Crippen molar-refractivity contribution < 1.29 is 9.18 Å². The molecule has 0 aliphatic heterocycles. The predicted molar refractivity (Wildman–Crippen MR) is 97.3 cm³/mol. The summed E-state index contributed by atoms with van der Waals surface area (Å²) in [6.45, 7) is 4.43. The normalized spacial score (nSPS) is 12.1. The number of aryl methyl sites for hydroxylation is 2. The molecule has 0 fully saturated rings. The van der Waals surface area contributed by atoms with E-state index in [1.807, 2.05) is 30.0 Å². The first-order chi connectivity index (χ1) is 12.0. The number of hydrogen-bond donors (Lipinski definition) is 1. The summed E-state index contributed by atoms with van der Waals surface area (Å²) in [5.74, 6) is -0.389. The van der Waals surface area contributed by atoms with Crippen molar-refractivity contribution in [2.45, 2.75) is 26.3 Å². The lowest BCUT2D eigenvalue weighted by molar-refractivity contribution is -0.120. The van der Waals surface area contributed by atoms with Crippen LogP contribution < -0.4 is 5.32 Å². The number of hydrogen-bond acceptors (Lipinski definition) is 3. The van der Waals surface area contributed by atoms with E-state index in [2.05, 4.69) is 21.9 Å². The summed E-state index contributed by atoms with van der Waals surface area (Å²) in [6, 6.07) is 10.0. The fourth-order valence-electron chi connectivity index (χ4n) is 2.83. The van der Waals surface area contributed by atoms with Crippen LogP contribution in [0.1, 0.15) is 28.6 Å². The molecule has 6 heteroatoms. The van der Waals surface area contributed by atoms with E-state index in [-0.39, 0.29) is 24.2 Å². The molecule has 1 aromatic carbocycles. The molecule has 0 aliphatic carbocycles. The second kappa shape index (κ2) is 7.61. The molecule has 4 nitrogen and oxygen atoms in total. The summed E-state index contributed by atoms with van der Waals surface area (Å²) in [7, 11) is 0. The molecule has 130 valence electrons. The minimum atomic E-state index is -0.300. The van der Waals surface area contributed by atoms with Gasteiger partial charge in [-0.25, -0.2) is 4.39 Å². The van der Waals surface area contributed by atoms with Crippen LogP contribution in [0.25, 0.3) is 0 Å². The molecule has 0 bridgehead atoms. The third-order valence-corrected chi connectivity index (χ3v) is 4.74. The number of nitrogens with one attached hydrogen (secondary N) is 1. The SMILES string of the molecule is Cc1cc(C)n([C@@H](CNC(=O)Cc2ccc(F)cc2)c2ccsc2)n1. The highest BCUT2D eigenvalue weighted by Gasteiger charge is 2.18. The van der Waals surface area contributed by atoms with Gasteiger partial charge in [-0.05, 0) is 60.0 Å². The number of nitrogens with zero attached hydrogens (tertiary/aromatic N) is 2. The van der Waals surface area contributed by atoms with E-state index in [0.29, 0.717) is 6.54 Å². The predicted octanol–water partition coefficient (Wildman–Crippen LogP) is 3.65. The van der Waals surface area contributed by atoms with E-state index in [1.54, 1.807) is 23.5 Å². The Hall–Kier alpha value is -2.47. The maximum absolute atomic E-state index is 13.0. The molecule has 2 aromatic heterocycles. The van der Waals surface area contributed by atoms with Gasteiger partial charge in [0.15, 0.2) is 0 Å². The fourth-order valence-corrected chi connectivity index (χ4v) is 3.54. The van der Waals surface area contributed by atoms with Crippen LogP contribution in [0.15, 0.2) is 47.2 Å². The van der Waals surface area contributed by atoms with Crippen molar-refractivity contribution in [3.8, 4) is 0 Å². The third-order valence-electron chi connectivity index (χ3n) is 4.04. The number of halogens is 1. The maximum Gasteiger partial charge on any atom is 0.224 e. The van der Waals surface area contributed by atoms with E-state index in [4.69, 9.17) is 0 Å². The Morgan fingerprint density at radius 1 is 1.28 bits per heavy atom. The van der Waals surface area contributed by atoms with Crippen molar-refractivity contribution in [2.75, 3.05) is 6.54 Å². The fraction of sp³-hybridized carbons (Fsp3) is 0.263. The Bertz CT molecular complexity index is 840. The zero-order valence-electron chi connectivity index (χ0n) is 14.2. The van der Waals surface area contributed by atoms with Gasteiger partial charge in [-0.2, -0.15) is 16.4 Å². The van der Waals surface area contributed by atoms with Gasteiger partial charge in [-0.3, -0.25) is 9.48 Å². The average molecular weight is 357 g/mol. The van der Waals surface area contributed by atoms with Gasteiger partial charge in [0.25, 0.3) is 0 Å². The average Bonchev–Trinajstić information content (AvgIpc) is 3.20. The lowest BCUT2D eigenvalue weighted by Gasteiger charge is -2.19. The van der Waals surface area contributed by atoms with E-state index >= 15 is 0 Å². The lowest BCUT2D eigenvalue weighted by atomic mass is 10.1. The van der Waals surface area contributed by atoms with Gasteiger partial charge < -0.3 is 5.32 Å². The minimum Gasteiger partial charge on any atom is -0.353 e. The smallest absolute Gasteiger partial charge is 0.224 e. The molecule has 3 aromatic rings. The first-order valence-electron chi connectivity index (χ1n) is 8.09. The minimum absolute atomic E-state index is 0.0443. The number of amides is 1. The van der Waals surface area contributed by atoms with Gasteiger partial charge in [-0.15, -0.1) is 0 Å². The molecule has 2 heterocycles. The van der Waals surface area contributed by atoms with Crippen molar-refractivity contribution in [1.29, 1.82) is 0 Å². The Morgan fingerprint density at radius 2 is 2.04 bits per heavy atom. The topological polar surface area (TPSA) is 46.9 Å². The van der Waals surface area contributed by atoms with E-state index in [1.165, 1.54) is 12.1 Å². The first-order valence-corrected chi connectivity index (χ1v) is 9.03. The Morgan fingerprint density at radius 3 is 2.64 bits per heavy atom. The maximum atomic E-state index is 13.0. The summed E-state index contributed by atoms with van der Waals surface area (Å²) < 4.78 is 14.9. The van der Waals surface area contributed by atoms with E-state index in [9.17, 15) is 9.18 Å². The molecule has 0 radical (unpaired) electrons. The number of thiophene rings is 1. The molecule has 0 unspecified atom stereocenters. The van der Waals surface area contributed by atoms with Crippen LogP contribution in [-0.4, -0.2) is 22.2 Å². The molecule has 0 aliphatic rings. The summed E-state index contributed by atoms with van der Waals surface area (Å²) in [5.41, 5.74) is 3.92. The van der Waals surface area contributed by atoms with Crippen LogP contribution in [0, 0.1) is 19.7 Å². The molecular formula is C19H20FN3OS. The van der Waals surface area contributed by atoms with Crippen LogP contribution in [0.2, 0.25) is 0 Å². The quantitative estimate of drug-likeness (QED) is 0.732. The third kappa shape index (κ3) is 4.33. The Labute approximate surface area is 150 Å². The molecular weight excluding hydrogens is 337 g/mol. The zero-order valence-corrected chi connectivity index (χ0v) is 15.0. The van der Waals surface area contributed by atoms with Crippen LogP contribution >= 0.6 is 11.3 Å². The van der Waals surface area contributed by atoms with Crippen LogP contribution in [0.3, 0.4) is 0 Å². The Kier molecular flexibility index (Phi) is 5.28. The van der Waals surface area contributed by atoms with Gasteiger partial charge in [-0.1, -0.05) is 12.1 Å². The molecule has 0 saturated heterocycles. The standard InChI is InChI=1S/C19H20FN3OS/c1-13-9-14(2)23(22-13)18(16-7-8-25-12-16)11-21-19(24)10-15-3-5-17(20)6-4-15/h3-9,12,18H,10-11H2,1-2H3,(H,21,24)/t18-/m0/s1. The highest BCUT2D eigenvalue weighted by molar-refractivity contribution is 7.07. The van der Waals surface area contributed by atoms with Crippen molar-refractivity contribution in [2.24, 2.45) is 0 Å². The van der Waals surface area contributed by atoms with Crippen LogP contribution in [-0.2, 0) is 11.2 Å². The van der Waals surface area contributed by atoms with E-state index < -0.39 is 0 Å². The lowest BCUT2D eigenvalue weighted by Crippen LogP contribution is -2.33. The van der Waals surface area contributed by atoms with Crippen LogP contribution in [0.5, 0.6) is 0 Å². The van der Waals surface area contributed by atoms with Crippen molar-refractivity contribution in [3.63, 3.8) is 0 Å². The molecule has 0 saturated carbocycles. The molecule has 0 spiro atoms. The molecule has 1 N–H and O–H groups in total. The zero-order chi connectivity index (χ0) is 17.8. The van der Waals surface area contributed by atoms with Crippen molar-refractivity contribution in [3.05, 3.63) is 75.5 Å². The highest BCUT2D eigenvalue weighted by atomic mass is 32.1. The number of carbonyl (C=O) groups excluding carboxylic acids is 1. The number of aromatic nitrogens is 2. The second-order valence-corrected chi connectivity index (χ2v) is 6.83. The highest BCUT2D eigenvalue weighted by Crippen LogP contribution is 2.22. The Balaban J connectivity index is 1.69. The van der Waals surface area contributed by atoms with Crippen LogP contribution in [0.4, 0.5) is 4.39 Å². The molecule has 25 heavy (non-hydrogen) atoms. The molecule has 1 amide bonds. The molecule has 3 rings (SSSR count). The van der Waals surface area contributed by atoms with Gasteiger partial charge in [0.2, 0.25) is 5.91 Å². The summed E-state index contributed by atoms with van der Waals surface area (Å²) >= 11 is 1.62. The van der Waals surface area contributed by atoms with Gasteiger partial charge in [0, 0.05) is 12.2 Å². The summed E-state index contributed by atoms with van der Waals surface area (Å²) in [4.78, 5) is 12.3. The second-order valence-electron chi connectivity index (χ2n) is 6.05. The number of carbonyl (C=O) groups is 1. The molecule has 1 atom stereocenters. The summed E-state index contributed by atoms with van der Waals surface area (Å²) in [5, 5.41) is 11.6. The first kappa shape index (κ1) is 17.4. The summed E-state index contributed by atoms with van der Waals surface area (Å²) in [6.07, 6.45) is 0.230. The number of rotatable bonds is 6.